The third kappa shape index (κ3) is 4.09. The van der Waals surface area contributed by atoms with Gasteiger partial charge in [0.25, 0.3) is 0 Å². The molecule has 1 N–H and O–H groups in total. The highest BCUT2D eigenvalue weighted by Gasteiger charge is 2.13. The number of ketones is 1. The number of carbonyl (C=O) groups is 2. The fourth-order valence-corrected chi connectivity index (χ4v) is 1.94. The number of carboxylic acids is 1. The molecular weight excluding hydrogens is 244 g/mol. The molecule has 0 amide bonds. The molecule has 104 valence electrons. The first-order chi connectivity index (χ1) is 8.97. The molecule has 0 saturated heterocycles. The minimum absolute atomic E-state index is 0.00935. The van der Waals surface area contributed by atoms with Gasteiger partial charge in [0.15, 0.2) is 5.78 Å². The Bertz CT molecular complexity index is 477. The zero-order chi connectivity index (χ0) is 14.4. The zero-order valence-corrected chi connectivity index (χ0v) is 11.7. The standard InChI is InChI=1S/C15H20O4/c1-4-19-14-9-8-12(10(2)11(14)3)13(16)6-5-7-15(17)18/h8-9H,4-7H2,1-3H3,(H,17,18). The lowest BCUT2D eigenvalue weighted by molar-refractivity contribution is -0.137. The monoisotopic (exact) mass is 264 g/mol. The van der Waals surface area contributed by atoms with Crippen LogP contribution in [-0.4, -0.2) is 23.5 Å². The second-order valence-electron chi connectivity index (χ2n) is 4.46. The van der Waals surface area contributed by atoms with Gasteiger partial charge in [0.05, 0.1) is 6.61 Å². The van der Waals surface area contributed by atoms with Gasteiger partial charge in [-0.3, -0.25) is 9.59 Å². The number of hydrogen-bond donors (Lipinski definition) is 1. The van der Waals surface area contributed by atoms with Crippen molar-refractivity contribution in [3.8, 4) is 5.75 Å². The van der Waals surface area contributed by atoms with E-state index in [1.165, 1.54) is 0 Å². The Morgan fingerprint density at radius 1 is 1.16 bits per heavy atom. The van der Waals surface area contributed by atoms with Crippen molar-refractivity contribution in [3.05, 3.63) is 28.8 Å². The Morgan fingerprint density at radius 3 is 2.42 bits per heavy atom. The summed E-state index contributed by atoms with van der Waals surface area (Å²) in [5.41, 5.74) is 2.53. The van der Waals surface area contributed by atoms with Crippen LogP contribution in [0.15, 0.2) is 12.1 Å². The Kier molecular flexibility index (Phi) is 5.55. The van der Waals surface area contributed by atoms with Gasteiger partial charge in [-0.1, -0.05) is 0 Å². The summed E-state index contributed by atoms with van der Waals surface area (Å²) in [5.74, 6) is -0.0839. The maximum absolute atomic E-state index is 12.0. The highest BCUT2D eigenvalue weighted by atomic mass is 16.5. The van der Waals surface area contributed by atoms with E-state index in [2.05, 4.69) is 0 Å². The summed E-state index contributed by atoms with van der Waals surface area (Å²) in [6.07, 6.45) is 0.668. The van der Waals surface area contributed by atoms with Gasteiger partial charge < -0.3 is 9.84 Å². The van der Waals surface area contributed by atoms with Crippen LogP contribution in [0.1, 0.15) is 47.7 Å². The average Bonchev–Trinajstić information content (AvgIpc) is 2.34. The molecule has 0 aliphatic rings. The first-order valence-corrected chi connectivity index (χ1v) is 6.45. The molecule has 4 heteroatoms. The number of ether oxygens (including phenoxy) is 1. The molecular formula is C15H20O4. The Morgan fingerprint density at radius 2 is 1.84 bits per heavy atom. The van der Waals surface area contributed by atoms with Crippen LogP contribution in [0.4, 0.5) is 0 Å². The number of hydrogen-bond acceptors (Lipinski definition) is 3. The summed E-state index contributed by atoms with van der Waals surface area (Å²) >= 11 is 0. The Hall–Kier alpha value is -1.84. The highest BCUT2D eigenvalue weighted by Crippen LogP contribution is 2.25. The van der Waals surface area contributed by atoms with Crippen LogP contribution in [0.2, 0.25) is 0 Å². The van der Waals surface area contributed by atoms with Crippen molar-refractivity contribution >= 4 is 11.8 Å². The quantitative estimate of drug-likeness (QED) is 0.768. The number of benzene rings is 1. The van der Waals surface area contributed by atoms with E-state index in [9.17, 15) is 9.59 Å². The number of rotatable bonds is 7. The molecule has 1 aromatic carbocycles. The van der Waals surface area contributed by atoms with Crippen molar-refractivity contribution in [3.63, 3.8) is 0 Å². The molecule has 0 heterocycles. The van der Waals surface area contributed by atoms with E-state index in [4.69, 9.17) is 9.84 Å². The van der Waals surface area contributed by atoms with E-state index in [1.807, 2.05) is 20.8 Å². The van der Waals surface area contributed by atoms with Crippen LogP contribution in [0.5, 0.6) is 5.75 Å². The molecule has 0 aromatic heterocycles. The minimum atomic E-state index is -0.868. The fourth-order valence-electron chi connectivity index (χ4n) is 1.94. The maximum Gasteiger partial charge on any atom is 0.303 e. The van der Waals surface area contributed by atoms with E-state index >= 15 is 0 Å². The average molecular weight is 264 g/mol. The molecule has 1 aromatic rings. The van der Waals surface area contributed by atoms with Gasteiger partial charge >= 0.3 is 5.97 Å². The maximum atomic E-state index is 12.0. The van der Waals surface area contributed by atoms with Gasteiger partial charge in [-0.15, -0.1) is 0 Å². The third-order valence-electron chi connectivity index (χ3n) is 3.13. The molecule has 0 bridgehead atoms. The van der Waals surface area contributed by atoms with Gasteiger partial charge in [0, 0.05) is 18.4 Å². The van der Waals surface area contributed by atoms with Crippen molar-refractivity contribution in [2.75, 3.05) is 6.61 Å². The smallest absolute Gasteiger partial charge is 0.303 e. The summed E-state index contributed by atoms with van der Waals surface area (Å²) in [4.78, 5) is 22.5. The number of aliphatic carboxylic acids is 1. The molecule has 0 atom stereocenters. The van der Waals surface area contributed by atoms with Crippen LogP contribution in [0, 0.1) is 13.8 Å². The molecule has 0 unspecified atom stereocenters. The number of Topliss-reactive ketones (excluding diaryl/α,β-unsaturated/α-hetero) is 1. The molecule has 19 heavy (non-hydrogen) atoms. The number of carboxylic acid groups (broad SMARTS) is 1. The van der Waals surface area contributed by atoms with Crippen LogP contribution >= 0.6 is 0 Å². The van der Waals surface area contributed by atoms with Crippen molar-refractivity contribution in [1.82, 2.24) is 0 Å². The third-order valence-corrected chi connectivity index (χ3v) is 3.13. The van der Waals surface area contributed by atoms with Crippen molar-refractivity contribution in [1.29, 1.82) is 0 Å². The minimum Gasteiger partial charge on any atom is -0.494 e. The van der Waals surface area contributed by atoms with Crippen molar-refractivity contribution < 1.29 is 19.4 Å². The summed E-state index contributed by atoms with van der Waals surface area (Å²) in [7, 11) is 0. The van der Waals surface area contributed by atoms with Gasteiger partial charge in [0.2, 0.25) is 0 Å². The van der Waals surface area contributed by atoms with Crippen LogP contribution in [0.25, 0.3) is 0 Å². The number of carbonyl (C=O) groups excluding carboxylic acids is 1. The SMILES string of the molecule is CCOc1ccc(C(=O)CCCC(=O)O)c(C)c1C. The molecule has 0 saturated carbocycles. The van der Waals surface area contributed by atoms with E-state index in [1.54, 1.807) is 12.1 Å². The van der Waals surface area contributed by atoms with Gasteiger partial charge in [0.1, 0.15) is 5.75 Å². The molecule has 0 spiro atoms. The topological polar surface area (TPSA) is 63.6 Å². The van der Waals surface area contributed by atoms with Crippen LogP contribution in [0.3, 0.4) is 0 Å². The molecule has 0 radical (unpaired) electrons. The molecule has 1 rings (SSSR count). The van der Waals surface area contributed by atoms with E-state index in [-0.39, 0.29) is 18.6 Å². The second kappa shape index (κ2) is 6.92. The first-order valence-electron chi connectivity index (χ1n) is 6.45. The van der Waals surface area contributed by atoms with Gasteiger partial charge in [-0.05, 0) is 50.5 Å². The van der Waals surface area contributed by atoms with Crippen molar-refractivity contribution in [2.24, 2.45) is 0 Å². The molecule has 0 aliphatic heterocycles. The lowest BCUT2D eigenvalue weighted by atomic mass is 9.97. The lowest BCUT2D eigenvalue weighted by Crippen LogP contribution is -2.06. The largest absolute Gasteiger partial charge is 0.494 e. The van der Waals surface area contributed by atoms with E-state index < -0.39 is 5.97 Å². The normalized spacial score (nSPS) is 10.3. The van der Waals surface area contributed by atoms with E-state index in [0.717, 1.165) is 16.9 Å². The molecule has 4 nitrogen and oxygen atoms in total. The summed E-state index contributed by atoms with van der Waals surface area (Å²) < 4.78 is 5.48. The summed E-state index contributed by atoms with van der Waals surface area (Å²) in [5, 5.41) is 8.56. The van der Waals surface area contributed by atoms with Crippen LogP contribution < -0.4 is 4.74 Å². The van der Waals surface area contributed by atoms with E-state index in [0.29, 0.717) is 18.6 Å². The summed E-state index contributed by atoms with van der Waals surface area (Å²) in [6, 6.07) is 3.56. The molecule has 0 fully saturated rings. The predicted molar refractivity (Wildman–Crippen MR) is 72.9 cm³/mol. The van der Waals surface area contributed by atoms with Gasteiger partial charge in [-0.2, -0.15) is 0 Å². The lowest BCUT2D eigenvalue weighted by Gasteiger charge is -2.12. The zero-order valence-electron chi connectivity index (χ0n) is 11.7. The van der Waals surface area contributed by atoms with Gasteiger partial charge in [-0.25, -0.2) is 0 Å². The molecule has 0 aliphatic carbocycles. The highest BCUT2D eigenvalue weighted by molar-refractivity contribution is 5.98. The fraction of sp³-hybridized carbons (Fsp3) is 0.467. The Labute approximate surface area is 113 Å². The second-order valence-corrected chi connectivity index (χ2v) is 4.46. The Balaban J connectivity index is 2.81. The summed E-state index contributed by atoms with van der Waals surface area (Å²) in [6.45, 7) is 6.32. The predicted octanol–water partition coefficient (Wildman–Crippen LogP) is 3.14. The first kappa shape index (κ1) is 15.2. The van der Waals surface area contributed by atoms with Crippen LogP contribution in [-0.2, 0) is 4.79 Å². The van der Waals surface area contributed by atoms with Crippen molar-refractivity contribution in [2.45, 2.75) is 40.0 Å².